The zero-order valence-electron chi connectivity index (χ0n) is 13.5. The van der Waals surface area contributed by atoms with Crippen LogP contribution in [0.15, 0.2) is 36.1 Å². The number of ether oxygens (including phenoxy) is 2. The van der Waals surface area contributed by atoms with Gasteiger partial charge in [0.2, 0.25) is 0 Å². The molecule has 1 amide bonds. The normalized spacial score (nSPS) is 15.6. The second kappa shape index (κ2) is 7.17. The summed E-state index contributed by atoms with van der Waals surface area (Å²) in [5.41, 5.74) is 0. The Morgan fingerprint density at radius 2 is 2.04 bits per heavy atom. The van der Waals surface area contributed by atoms with Crippen LogP contribution in [0.2, 0.25) is 0 Å². The average Bonchev–Trinajstić information content (AvgIpc) is 2.84. The van der Waals surface area contributed by atoms with Crippen molar-refractivity contribution in [3.63, 3.8) is 0 Å². The molecule has 23 heavy (non-hydrogen) atoms. The van der Waals surface area contributed by atoms with Gasteiger partial charge in [0.25, 0.3) is 5.91 Å². The SMILES string of the molecule is COc1cccc(OC2=CC(=O)N([C@@H](CC(C)C)C(=O)O)C2)c1. The summed E-state index contributed by atoms with van der Waals surface area (Å²) in [4.78, 5) is 24.9. The van der Waals surface area contributed by atoms with Gasteiger partial charge in [0.15, 0.2) is 0 Å². The molecule has 0 aromatic heterocycles. The summed E-state index contributed by atoms with van der Waals surface area (Å²) >= 11 is 0. The van der Waals surface area contributed by atoms with E-state index in [0.29, 0.717) is 23.7 Å². The van der Waals surface area contributed by atoms with E-state index >= 15 is 0 Å². The lowest BCUT2D eigenvalue weighted by atomic mass is 10.0. The highest BCUT2D eigenvalue weighted by Crippen LogP contribution is 2.25. The van der Waals surface area contributed by atoms with Crippen LogP contribution in [0.3, 0.4) is 0 Å². The van der Waals surface area contributed by atoms with Crippen molar-refractivity contribution in [2.75, 3.05) is 13.7 Å². The van der Waals surface area contributed by atoms with Crippen molar-refractivity contribution in [2.24, 2.45) is 5.92 Å². The average molecular weight is 319 g/mol. The number of carboxylic acids is 1. The molecule has 0 fully saturated rings. The van der Waals surface area contributed by atoms with Gasteiger partial charge in [-0.15, -0.1) is 0 Å². The van der Waals surface area contributed by atoms with Gasteiger partial charge in [-0.05, 0) is 24.5 Å². The topological polar surface area (TPSA) is 76.1 Å². The van der Waals surface area contributed by atoms with Crippen LogP contribution in [0.1, 0.15) is 20.3 Å². The quantitative estimate of drug-likeness (QED) is 0.834. The first-order chi connectivity index (χ1) is 10.9. The fourth-order valence-electron chi connectivity index (χ4n) is 2.46. The first-order valence-corrected chi connectivity index (χ1v) is 7.46. The summed E-state index contributed by atoms with van der Waals surface area (Å²) in [5, 5.41) is 9.37. The van der Waals surface area contributed by atoms with E-state index in [-0.39, 0.29) is 18.4 Å². The zero-order chi connectivity index (χ0) is 17.0. The molecule has 1 atom stereocenters. The number of hydrogen-bond acceptors (Lipinski definition) is 4. The summed E-state index contributed by atoms with van der Waals surface area (Å²) in [5.74, 6) is 0.457. The van der Waals surface area contributed by atoms with E-state index in [1.165, 1.54) is 11.0 Å². The molecular formula is C17H21NO5. The number of carbonyl (C=O) groups is 2. The van der Waals surface area contributed by atoms with Crippen LogP contribution in [0.25, 0.3) is 0 Å². The minimum absolute atomic E-state index is 0.153. The number of hydrogen-bond donors (Lipinski definition) is 1. The molecule has 124 valence electrons. The summed E-state index contributed by atoms with van der Waals surface area (Å²) < 4.78 is 10.8. The predicted octanol–water partition coefficient (Wildman–Crippen LogP) is 2.30. The molecule has 1 aliphatic rings. The van der Waals surface area contributed by atoms with E-state index in [1.54, 1.807) is 31.4 Å². The number of carboxylic acid groups (broad SMARTS) is 1. The van der Waals surface area contributed by atoms with Crippen LogP contribution < -0.4 is 9.47 Å². The van der Waals surface area contributed by atoms with Gasteiger partial charge in [0.1, 0.15) is 23.3 Å². The zero-order valence-corrected chi connectivity index (χ0v) is 13.5. The van der Waals surface area contributed by atoms with Gasteiger partial charge in [-0.3, -0.25) is 4.79 Å². The molecule has 0 spiro atoms. The Hall–Kier alpha value is -2.50. The summed E-state index contributed by atoms with van der Waals surface area (Å²) in [6.07, 6.45) is 1.75. The first kappa shape index (κ1) is 16.9. The lowest BCUT2D eigenvalue weighted by Gasteiger charge is -2.25. The fraction of sp³-hybridized carbons (Fsp3) is 0.412. The molecule has 6 heteroatoms. The highest BCUT2D eigenvalue weighted by molar-refractivity contribution is 5.94. The molecule has 0 radical (unpaired) electrons. The summed E-state index contributed by atoms with van der Waals surface area (Å²) in [6.45, 7) is 4.01. The molecule has 0 saturated carbocycles. The van der Waals surface area contributed by atoms with Crippen molar-refractivity contribution >= 4 is 11.9 Å². The molecule has 2 rings (SSSR count). The van der Waals surface area contributed by atoms with Crippen molar-refractivity contribution in [1.82, 2.24) is 4.90 Å². The molecule has 6 nitrogen and oxygen atoms in total. The van der Waals surface area contributed by atoms with E-state index in [4.69, 9.17) is 9.47 Å². The van der Waals surface area contributed by atoms with Crippen LogP contribution >= 0.6 is 0 Å². The number of carbonyl (C=O) groups excluding carboxylic acids is 1. The lowest BCUT2D eigenvalue weighted by molar-refractivity contribution is -0.148. The van der Waals surface area contributed by atoms with Crippen LogP contribution in [-0.4, -0.2) is 41.6 Å². The third kappa shape index (κ3) is 4.25. The van der Waals surface area contributed by atoms with Crippen LogP contribution in [-0.2, 0) is 9.59 Å². The summed E-state index contributed by atoms with van der Waals surface area (Å²) in [7, 11) is 1.56. The van der Waals surface area contributed by atoms with Gasteiger partial charge >= 0.3 is 5.97 Å². The van der Waals surface area contributed by atoms with E-state index in [2.05, 4.69) is 0 Å². The van der Waals surface area contributed by atoms with Crippen molar-refractivity contribution < 1.29 is 24.2 Å². The smallest absolute Gasteiger partial charge is 0.326 e. The van der Waals surface area contributed by atoms with Crippen molar-refractivity contribution in [2.45, 2.75) is 26.3 Å². The number of methoxy groups -OCH3 is 1. The third-order valence-corrected chi connectivity index (χ3v) is 3.54. The van der Waals surface area contributed by atoms with Crippen LogP contribution in [0, 0.1) is 5.92 Å². The van der Waals surface area contributed by atoms with Crippen molar-refractivity contribution in [3.05, 3.63) is 36.1 Å². The molecule has 1 aliphatic heterocycles. The lowest BCUT2D eigenvalue weighted by Crippen LogP contribution is -2.43. The monoisotopic (exact) mass is 319 g/mol. The second-order valence-electron chi connectivity index (χ2n) is 5.84. The maximum atomic E-state index is 12.1. The van der Waals surface area contributed by atoms with Gasteiger partial charge < -0.3 is 19.5 Å². The molecule has 0 saturated heterocycles. The number of amides is 1. The number of aliphatic carboxylic acids is 1. The van der Waals surface area contributed by atoms with Crippen LogP contribution in [0.4, 0.5) is 0 Å². The molecule has 1 heterocycles. The largest absolute Gasteiger partial charge is 0.497 e. The molecule has 0 aliphatic carbocycles. The predicted molar refractivity (Wildman–Crippen MR) is 84.3 cm³/mol. The summed E-state index contributed by atoms with van der Waals surface area (Å²) in [6, 6.07) is 6.18. The maximum absolute atomic E-state index is 12.1. The molecule has 1 aromatic carbocycles. The van der Waals surface area contributed by atoms with Crippen LogP contribution in [0.5, 0.6) is 11.5 Å². The van der Waals surface area contributed by atoms with Gasteiger partial charge in [-0.25, -0.2) is 4.79 Å². The van der Waals surface area contributed by atoms with Crippen molar-refractivity contribution in [1.29, 1.82) is 0 Å². The number of benzene rings is 1. The second-order valence-corrected chi connectivity index (χ2v) is 5.84. The Bertz CT molecular complexity index is 623. The number of nitrogens with zero attached hydrogens (tertiary/aromatic N) is 1. The van der Waals surface area contributed by atoms with E-state index < -0.39 is 12.0 Å². The first-order valence-electron chi connectivity index (χ1n) is 7.46. The standard InChI is InChI=1S/C17H21NO5/c1-11(2)7-15(17(20)21)18-10-14(9-16(18)19)23-13-6-4-5-12(8-13)22-3/h4-6,8-9,11,15H,7,10H2,1-3H3,(H,20,21)/t15-/m0/s1. The molecule has 1 aromatic rings. The highest BCUT2D eigenvalue weighted by Gasteiger charge is 2.34. The molecule has 0 bridgehead atoms. The van der Waals surface area contributed by atoms with Gasteiger partial charge in [-0.2, -0.15) is 0 Å². The Labute approximate surface area is 135 Å². The Morgan fingerprint density at radius 3 is 2.65 bits per heavy atom. The Morgan fingerprint density at radius 1 is 1.35 bits per heavy atom. The highest BCUT2D eigenvalue weighted by atomic mass is 16.5. The maximum Gasteiger partial charge on any atom is 0.326 e. The molecule has 0 unspecified atom stereocenters. The van der Waals surface area contributed by atoms with E-state index in [9.17, 15) is 14.7 Å². The Balaban J connectivity index is 2.08. The minimum atomic E-state index is -0.997. The minimum Gasteiger partial charge on any atom is -0.497 e. The third-order valence-electron chi connectivity index (χ3n) is 3.54. The van der Waals surface area contributed by atoms with Gasteiger partial charge in [0.05, 0.1) is 13.7 Å². The fourth-order valence-corrected chi connectivity index (χ4v) is 2.46. The number of rotatable bonds is 7. The molecular weight excluding hydrogens is 298 g/mol. The van der Waals surface area contributed by atoms with E-state index in [0.717, 1.165) is 0 Å². The van der Waals surface area contributed by atoms with Crippen molar-refractivity contribution in [3.8, 4) is 11.5 Å². The van der Waals surface area contributed by atoms with Gasteiger partial charge in [-0.1, -0.05) is 19.9 Å². The van der Waals surface area contributed by atoms with Gasteiger partial charge in [0, 0.05) is 12.1 Å². The Kier molecular flexibility index (Phi) is 5.26. The van der Waals surface area contributed by atoms with E-state index in [1.807, 2.05) is 13.8 Å². The molecule has 1 N–H and O–H groups in total.